The van der Waals surface area contributed by atoms with Gasteiger partial charge in [-0.3, -0.25) is 9.59 Å². The number of carboxylic acids is 4. The fourth-order valence-corrected chi connectivity index (χ4v) is 3.90. The lowest BCUT2D eigenvalue weighted by molar-refractivity contribution is -0.138. The molecule has 8 N–H and O–H groups in total. The number of hydrogen-bond acceptors (Lipinski definition) is 10. The van der Waals surface area contributed by atoms with Gasteiger partial charge in [0.05, 0.1) is 0 Å². The van der Waals surface area contributed by atoms with E-state index in [1.54, 1.807) is 12.3 Å². The number of nitrogens with one attached hydrogen (secondary N) is 4. The van der Waals surface area contributed by atoms with Crippen molar-refractivity contribution in [3.63, 3.8) is 0 Å². The second kappa shape index (κ2) is 22.6. The number of carboxylic acid groups (broad SMARTS) is 4. The van der Waals surface area contributed by atoms with Crippen LogP contribution in [0.25, 0.3) is 0 Å². The largest absolute Gasteiger partial charge is 0.481 e. The first-order chi connectivity index (χ1) is 20.2. The standard InChI is InChI=1S/C22H38N6O6.C5H5NO2/c29-19(30)7-3-1-5-12-23-14-11-17(25-13-6-2-4-8-20(31)32)9-10-18(21(33)34)28-22-26-15-24-16-27-22;7-5(8)4-2-1-3-6-4/h15-18,23,25H,1-14H2,(H,29,30)(H,31,32)(H,33,34)(H,24,26,27,28);1-3,6H,(H,7,8). The molecule has 0 saturated heterocycles. The lowest BCUT2D eigenvalue weighted by Crippen LogP contribution is -2.37. The third-order valence-corrected chi connectivity index (χ3v) is 6.14. The van der Waals surface area contributed by atoms with Crippen LogP contribution in [0.3, 0.4) is 0 Å². The number of anilines is 1. The Bertz CT molecular complexity index is 1020. The summed E-state index contributed by atoms with van der Waals surface area (Å²) in [6.45, 7) is 2.30. The van der Waals surface area contributed by atoms with Crippen LogP contribution >= 0.6 is 0 Å². The first kappa shape index (κ1) is 35.9. The third kappa shape index (κ3) is 19.0. The number of aliphatic carboxylic acids is 3. The summed E-state index contributed by atoms with van der Waals surface area (Å²) in [5.74, 6) is -3.24. The molecule has 0 aliphatic rings. The number of carbonyl (C=O) groups is 4. The van der Waals surface area contributed by atoms with E-state index in [1.165, 1.54) is 18.7 Å². The minimum Gasteiger partial charge on any atom is -0.481 e. The van der Waals surface area contributed by atoms with E-state index in [9.17, 15) is 24.3 Å². The predicted octanol–water partition coefficient (Wildman–Crippen LogP) is 2.46. The highest BCUT2D eigenvalue weighted by Crippen LogP contribution is 2.10. The molecule has 15 heteroatoms. The van der Waals surface area contributed by atoms with Crippen LogP contribution in [-0.2, 0) is 14.4 Å². The molecular formula is C27H43N7O8. The Kier molecular flexibility index (Phi) is 19.3. The molecule has 0 bridgehead atoms. The fraction of sp³-hybridized carbons (Fsp3) is 0.593. The molecule has 2 heterocycles. The SMILES string of the molecule is O=C(O)CCCCCNCCC(CCC(Nc1ncncn1)C(=O)O)NCCCCCC(=O)O.O=C(O)c1ccc[nH]1. The molecule has 2 rings (SSSR count). The number of aromatic amines is 1. The molecule has 0 spiro atoms. The molecule has 2 aromatic rings. The molecule has 0 aliphatic heterocycles. The molecule has 2 unspecified atom stereocenters. The highest BCUT2D eigenvalue weighted by Gasteiger charge is 2.20. The van der Waals surface area contributed by atoms with Crippen LogP contribution in [0.15, 0.2) is 31.0 Å². The summed E-state index contributed by atoms with van der Waals surface area (Å²) in [6, 6.07) is 2.41. The molecular weight excluding hydrogens is 550 g/mol. The Hall–Kier alpha value is -4.11. The van der Waals surface area contributed by atoms with E-state index in [1.807, 2.05) is 0 Å². The number of rotatable bonds is 23. The molecule has 2 atom stereocenters. The highest BCUT2D eigenvalue weighted by molar-refractivity contribution is 5.85. The second-order valence-corrected chi connectivity index (χ2v) is 9.56. The van der Waals surface area contributed by atoms with Crippen molar-refractivity contribution in [3.8, 4) is 0 Å². The van der Waals surface area contributed by atoms with Crippen molar-refractivity contribution in [1.82, 2.24) is 30.6 Å². The number of aromatic carboxylic acids is 1. The van der Waals surface area contributed by atoms with Crippen molar-refractivity contribution in [1.29, 1.82) is 0 Å². The maximum absolute atomic E-state index is 11.7. The highest BCUT2D eigenvalue weighted by atomic mass is 16.4. The van der Waals surface area contributed by atoms with Crippen molar-refractivity contribution >= 4 is 29.8 Å². The molecule has 234 valence electrons. The van der Waals surface area contributed by atoms with Crippen LogP contribution in [0.1, 0.15) is 81.1 Å². The predicted molar refractivity (Wildman–Crippen MR) is 153 cm³/mol. The molecule has 0 fully saturated rings. The number of nitrogens with zero attached hydrogens (tertiary/aromatic N) is 3. The maximum Gasteiger partial charge on any atom is 0.352 e. The van der Waals surface area contributed by atoms with Crippen LogP contribution in [0.5, 0.6) is 0 Å². The Morgan fingerprint density at radius 3 is 1.95 bits per heavy atom. The van der Waals surface area contributed by atoms with Crippen molar-refractivity contribution in [2.45, 2.75) is 82.7 Å². The summed E-state index contributed by atoms with van der Waals surface area (Å²) in [5.41, 5.74) is 0.227. The summed E-state index contributed by atoms with van der Waals surface area (Å²) >= 11 is 0. The van der Waals surface area contributed by atoms with Crippen LogP contribution in [-0.4, -0.2) is 96.0 Å². The molecule has 0 aliphatic carbocycles. The van der Waals surface area contributed by atoms with Gasteiger partial charge in [-0.15, -0.1) is 0 Å². The zero-order chi connectivity index (χ0) is 31.0. The number of H-pyrrole nitrogens is 1. The minimum absolute atomic E-state index is 0.0981. The molecule has 0 saturated carbocycles. The summed E-state index contributed by atoms with van der Waals surface area (Å²) in [4.78, 5) is 57.0. The Morgan fingerprint density at radius 2 is 1.43 bits per heavy atom. The van der Waals surface area contributed by atoms with Gasteiger partial charge in [-0.2, -0.15) is 0 Å². The maximum atomic E-state index is 11.7. The molecule has 15 nitrogen and oxygen atoms in total. The first-order valence-corrected chi connectivity index (χ1v) is 14.0. The summed E-state index contributed by atoms with van der Waals surface area (Å²) in [6.07, 6.45) is 11.1. The lowest BCUT2D eigenvalue weighted by atomic mass is 10.0. The van der Waals surface area contributed by atoms with Gasteiger partial charge in [0.25, 0.3) is 0 Å². The molecule has 0 amide bonds. The zero-order valence-electron chi connectivity index (χ0n) is 23.7. The third-order valence-electron chi connectivity index (χ3n) is 6.14. The van der Waals surface area contributed by atoms with Gasteiger partial charge < -0.3 is 41.4 Å². The number of aromatic nitrogens is 4. The van der Waals surface area contributed by atoms with Crippen LogP contribution in [0, 0.1) is 0 Å². The number of unbranched alkanes of at least 4 members (excludes halogenated alkanes) is 4. The molecule has 0 aromatic carbocycles. The van der Waals surface area contributed by atoms with Gasteiger partial charge in [-0.1, -0.05) is 12.8 Å². The van der Waals surface area contributed by atoms with Crippen molar-refractivity contribution < 1.29 is 39.6 Å². The normalized spacial score (nSPS) is 12.0. The van der Waals surface area contributed by atoms with E-state index < -0.39 is 29.9 Å². The lowest BCUT2D eigenvalue weighted by Gasteiger charge is -2.22. The second-order valence-electron chi connectivity index (χ2n) is 9.56. The van der Waals surface area contributed by atoms with Crippen molar-refractivity contribution in [2.75, 3.05) is 25.0 Å². The summed E-state index contributed by atoms with van der Waals surface area (Å²) < 4.78 is 0. The van der Waals surface area contributed by atoms with E-state index >= 15 is 0 Å². The zero-order valence-corrected chi connectivity index (χ0v) is 23.7. The average molecular weight is 594 g/mol. The van der Waals surface area contributed by atoms with Gasteiger partial charge in [-0.05, 0) is 76.7 Å². The van der Waals surface area contributed by atoms with Crippen molar-refractivity contribution in [2.24, 2.45) is 0 Å². The van der Waals surface area contributed by atoms with Crippen LogP contribution in [0.2, 0.25) is 0 Å². The van der Waals surface area contributed by atoms with E-state index in [2.05, 4.69) is 35.9 Å². The van der Waals surface area contributed by atoms with E-state index in [4.69, 9.17) is 15.3 Å². The van der Waals surface area contributed by atoms with E-state index in [0.717, 1.165) is 51.7 Å². The quantitative estimate of drug-likeness (QED) is 0.0864. The van der Waals surface area contributed by atoms with Gasteiger partial charge in [0.1, 0.15) is 24.4 Å². The Labute approximate surface area is 244 Å². The monoisotopic (exact) mass is 593 g/mol. The smallest absolute Gasteiger partial charge is 0.352 e. The Balaban J connectivity index is 0.000000942. The summed E-state index contributed by atoms with van der Waals surface area (Å²) in [7, 11) is 0. The summed E-state index contributed by atoms with van der Waals surface area (Å²) in [5, 5.41) is 44.9. The Morgan fingerprint density at radius 1 is 0.786 bits per heavy atom. The van der Waals surface area contributed by atoms with Gasteiger partial charge in [0, 0.05) is 25.1 Å². The van der Waals surface area contributed by atoms with Gasteiger partial charge in [0.15, 0.2) is 0 Å². The van der Waals surface area contributed by atoms with Crippen molar-refractivity contribution in [3.05, 3.63) is 36.7 Å². The molecule has 0 radical (unpaired) electrons. The van der Waals surface area contributed by atoms with E-state index in [-0.39, 0.29) is 30.5 Å². The van der Waals surface area contributed by atoms with Gasteiger partial charge >= 0.3 is 23.9 Å². The van der Waals surface area contributed by atoms with Crippen LogP contribution < -0.4 is 16.0 Å². The molecule has 42 heavy (non-hydrogen) atoms. The first-order valence-electron chi connectivity index (χ1n) is 14.0. The topological polar surface area (TPSA) is 240 Å². The van der Waals surface area contributed by atoms with Gasteiger partial charge in [-0.25, -0.2) is 24.5 Å². The van der Waals surface area contributed by atoms with Gasteiger partial charge in [0.2, 0.25) is 5.95 Å². The minimum atomic E-state index is -0.979. The fourth-order valence-electron chi connectivity index (χ4n) is 3.90. The average Bonchev–Trinajstić information content (AvgIpc) is 3.50. The van der Waals surface area contributed by atoms with E-state index in [0.29, 0.717) is 25.7 Å². The van der Waals surface area contributed by atoms with Crippen LogP contribution in [0.4, 0.5) is 5.95 Å². The molecule has 2 aromatic heterocycles. The number of hydrogen-bond donors (Lipinski definition) is 8.